The van der Waals surface area contributed by atoms with Gasteiger partial charge in [0.1, 0.15) is 19.0 Å². The first kappa shape index (κ1) is 14.4. The molecule has 0 atom stereocenters. The summed E-state index contributed by atoms with van der Waals surface area (Å²) in [5, 5.41) is 7.21. The third-order valence-electron chi connectivity index (χ3n) is 3.49. The summed E-state index contributed by atoms with van der Waals surface area (Å²) in [4.78, 5) is 12.5. The van der Waals surface area contributed by atoms with Gasteiger partial charge < -0.3 is 14.8 Å². The summed E-state index contributed by atoms with van der Waals surface area (Å²) in [7, 11) is 0. The van der Waals surface area contributed by atoms with Gasteiger partial charge in [-0.1, -0.05) is 6.92 Å². The maximum Gasteiger partial charge on any atom is 0.256 e. The van der Waals surface area contributed by atoms with Crippen LogP contribution >= 0.6 is 0 Å². The second kappa shape index (κ2) is 6.09. The van der Waals surface area contributed by atoms with Crippen LogP contribution in [0.25, 0.3) is 0 Å². The Balaban J connectivity index is 1.81. The summed E-state index contributed by atoms with van der Waals surface area (Å²) in [5.41, 5.74) is 1.48. The van der Waals surface area contributed by atoms with E-state index >= 15 is 0 Å². The van der Waals surface area contributed by atoms with Gasteiger partial charge in [-0.05, 0) is 31.5 Å². The van der Waals surface area contributed by atoms with Gasteiger partial charge in [-0.2, -0.15) is 5.10 Å². The topological polar surface area (TPSA) is 65.4 Å². The predicted molar refractivity (Wildman–Crippen MR) is 82.6 cm³/mol. The Hall–Kier alpha value is -2.50. The maximum atomic E-state index is 12.5. The lowest BCUT2D eigenvalue weighted by Gasteiger charge is -2.18. The van der Waals surface area contributed by atoms with Gasteiger partial charge in [0.25, 0.3) is 5.91 Å². The molecule has 0 saturated heterocycles. The van der Waals surface area contributed by atoms with Crippen LogP contribution in [-0.2, 0) is 6.54 Å². The van der Waals surface area contributed by atoms with Gasteiger partial charge in [-0.15, -0.1) is 0 Å². The highest BCUT2D eigenvalue weighted by Crippen LogP contribution is 2.31. The predicted octanol–water partition coefficient (Wildman–Crippen LogP) is 2.63. The number of nitrogens with one attached hydrogen (secondary N) is 1. The Morgan fingerprint density at radius 3 is 2.86 bits per heavy atom. The second-order valence-electron chi connectivity index (χ2n) is 5.21. The molecule has 1 N–H and O–H groups in total. The number of anilines is 1. The van der Waals surface area contributed by atoms with Crippen molar-refractivity contribution in [1.29, 1.82) is 0 Å². The highest BCUT2D eigenvalue weighted by atomic mass is 16.6. The molecule has 22 heavy (non-hydrogen) atoms. The fourth-order valence-electron chi connectivity index (χ4n) is 2.39. The van der Waals surface area contributed by atoms with Crippen LogP contribution in [0, 0.1) is 6.92 Å². The van der Waals surface area contributed by atoms with E-state index in [0.717, 1.165) is 24.3 Å². The van der Waals surface area contributed by atoms with Crippen molar-refractivity contribution in [3.05, 3.63) is 35.5 Å². The van der Waals surface area contributed by atoms with Crippen molar-refractivity contribution in [2.24, 2.45) is 0 Å². The number of fused-ring (bicyclic) bond motifs is 1. The number of carbonyl (C=O) groups is 1. The molecule has 1 aromatic carbocycles. The molecular weight excluding hydrogens is 282 g/mol. The highest BCUT2D eigenvalue weighted by Gasteiger charge is 2.17. The van der Waals surface area contributed by atoms with Crippen LogP contribution in [0.4, 0.5) is 5.82 Å². The molecule has 1 aliphatic heterocycles. The van der Waals surface area contributed by atoms with Crippen LogP contribution in [0.1, 0.15) is 29.3 Å². The minimum absolute atomic E-state index is 0.182. The number of carbonyl (C=O) groups excluding carboxylic acids is 1. The van der Waals surface area contributed by atoms with Crippen LogP contribution < -0.4 is 14.8 Å². The van der Waals surface area contributed by atoms with Crippen molar-refractivity contribution < 1.29 is 14.3 Å². The molecule has 2 aromatic rings. The number of amides is 1. The first-order valence-corrected chi connectivity index (χ1v) is 7.42. The van der Waals surface area contributed by atoms with Gasteiger partial charge in [-0.3, -0.25) is 4.79 Å². The molecule has 3 rings (SSSR count). The molecule has 0 fully saturated rings. The van der Waals surface area contributed by atoms with Crippen molar-refractivity contribution in [3.8, 4) is 11.5 Å². The van der Waals surface area contributed by atoms with Crippen LogP contribution in [0.3, 0.4) is 0 Å². The fourth-order valence-corrected chi connectivity index (χ4v) is 2.39. The van der Waals surface area contributed by atoms with Gasteiger partial charge in [0, 0.05) is 17.7 Å². The monoisotopic (exact) mass is 301 g/mol. The lowest BCUT2D eigenvalue weighted by Crippen LogP contribution is -2.18. The molecule has 6 heteroatoms. The van der Waals surface area contributed by atoms with E-state index in [1.54, 1.807) is 24.4 Å². The fraction of sp³-hybridized carbons (Fsp3) is 0.375. The standard InChI is InChI=1S/C16H19N3O3/c1-3-6-19-15(11(2)10-17-19)18-16(20)12-4-5-13-14(9-12)22-8-7-21-13/h4-5,9-10H,3,6-8H2,1-2H3,(H,18,20). The van der Waals surface area contributed by atoms with E-state index in [1.807, 2.05) is 11.6 Å². The zero-order valence-electron chi connectivity index (χ0n) is 12.8. The summed E-state index contributed by atoms with van der Waals surface area (Å²) >= 11 is 0. The molecule has 6 nitrogen and oxygen atoms in total. The normalized spacial score (nSPS) is 13.0. The van der Waals surface area contributed by atoms with E-state index in [0.29, 0.717) is 30.3 Å². The van der Waals surface area contributed by atoms with Crippen molar-refractivity contribution in [3.63, 3.8) is 0 Å². The Morgan fingerprint density at radius 2 is 2.09 bits per heavy atom. The van der Waals surface area contributed by atoms with E-state index in [2.05, 4.69) is 17.3 Å². The SMILES string of the molecule is CCCn1ncc(C)c1NC(=O)c1ccc2c(c1)OCCO2. The smallest absolute Gasteiger partial charge is 0.256 e. The van der Waals surface area contributed by atoms with E-state index in [9.17, 15) is 4.79 Å². The molecular formula is C16H19N3O3. The van der Waals surface area contributed by atoms with E-state index in [1.165, 1.54) is 0 Å². The highest BCUT2D eigenvalue weighted by molar-refractivity contribution is 6.04. The third-order valence-corrected chi connectivity index (χ3v) is 3.49. The second-order valence-corrected chi connectivity index (χ2v) is 5.21. The van der Waals surface area contributed by atoms with Gasteiger partial charge >= 0.3 is 0 Å². The largest absolute Gasteiger partial charge is 0.486 e. The average Bonchev–Trinajstić information content (AvgIpc) is 2.88. The number of aromatic nitrogens is 2. The van der Waals surface area contributed by atoms with E-state index in [-0.39, 0.29) is 5.91 Å². The minimum atomic E-state index is -0.182. The molecule has 0 saturated carbocycles. The number of ether oxygens (including phenoxy) is 2. The van der Waals surface area contributed by atoms with E-state index < -0.39 is 0 Å². The minimum Gasteiger partial charge on any atom is -0.486 e. The molecule has 1 aliphatic rings. The van der Waals surface area contributed by atoms with Gasteiger partial charge in [-0.25, -0.2) is 4.68 Å². The van der Waals surface area contributed by atoms with Crippen molar-refractivity contribution in [2.45, 2.75) is 26.8 Å². The average molecular weight is 301 g/mol. The molecule has 0 spiro atoms. The van der Waals surface area contributed by atoms with Crippen molar-refractivity contribution in [1.82, 2.24) is 9.78 Å². The van der Waals surface area contributed by atoms with Gasteiger partial charge in [0.2, 0.25) is 0 Å². The Labute approximate surface area is 129 Å². The van der Waals surface area contributed by atoms with Crippen molar-refractivity contribution in [2.75, 3.05) is 18.5 Å². The molecule has 0 aliphatic carbocycles. The summed E-state index contributed by atoms with van der Waals surface area (Å²) in [5.74, 6) is 1.84. The van der Waals surface area contributed by atoms with Crippen LogP contribution in [0.15, 0.2) is 24.4 Å². The molecule has 0 bridgehead atoms. The summed E-state index contributed by atoms with van der Waals surface area (Å²) < 4.78 is 12.8. The molecule has 1 amide bonds. The number of hydrogen-bond donors (Lipinski definition) is 1. The summed E-state index contributed by atoms with van der Waals surface area (Å²) in [6, 6.07) is 5.21. The zero-order chi connectivity index (χ0) is 15.5. The molecule has 0 unspecified atom stereocenters. The Bertz CT molecular complexity index is 694. The number of hydrogen-bond acceptors (Lipinski definition) is 4. The molecule has 1 aromatic heterocycles. The lowest BCUT2D eigenvalue weighted by molar-refractivity contribution is 0.102. The first-order valence-electron chi connectivity index (χ1n) is 7.42. The zero-order valence-corrected chi connectivity index (χ0v) is 12.8. The van der Waals surface area contributed by atoms with Crippen LogP contribution in [0.5, 0.6) is 11.5 Å². The van der Waals surface area contributed by atoms with Crippen LogP contribution in [0.2, 0.25) is 0 Å². The lowest BCUT2D eigenvalue weighted by atomic mass is 10.2. The Kier molecular flexibility index (Phi) is 4.00. The first-order chi connectivity index (χ1) is 10.7. The summed E-state index contributed by atoms with van der Waals surface area (Å²) in [6.45, 7) is 5.81. The number of nitrogens with zero attached hydrogens (tertiary/aromatic N) is 2. The third kappa shape index (κ3) is 2.77. The molecule has 0 radical (unpaired) electrons. The van der Waals surface area contributed by atoms with Crippen LogP contribution in [-0.4, -0.2) is 28.9 Å². The number of aryl methyl sites for hydroxylation is 2. The number of rotatable bonds is 4. The van der Waals surface area contributed by atoms with Gasteiger partial charge in [0.05, 0.1) is 6.20 Å². The Morgan fingerprint density at radius 1 is 1.32 bits per heavy atom. The summed E-state index contributed by atoms with van der Waals surface area (Å²) in [6.07, 6.45) is 2.71. The van der Waals surface area contributed by atoms with E-state index in [4.69, 9.17) is 9.47 Å². The van der Waals surface area contributed by atoms with Gasteiger partial charge in [0.15, 0.2) is 11.5 Å². The quantitative estimate of drug-likeness (QED) is 0.942. The van der Waals surface area contributed by atoms with Crippen molar-refractivity contribution >= 4 is 11.7 Å². The number of benzene rings is 1. The molecule has 116 valence electrons. The maximum absolute atomic E-state index is 12.5. The molecule has 2 heterocycles.